The van der Waals surface area contributed by atoms with Crippen LogP contribution in [-0.2, 0) is 16.4 Å². The molecule has 2 aromatic carbocycles. The van der Waals surface area contributed by atoms with Crippen molar-refractivity contribution in [3.05, 3.63) is 78.6 Å². The van der Waals surface area contributed by atoms with E-state index in [0.29, 0.717) is 19.5 Å². The Morgan fingerprint density at radius 2 is 1.90 bits per heavy atom. The van der Waals surface area contributed by atoms with E-state index in [1.165, 1.54) is 24.3 Å². The fraction of sp³-hybridized carbons (Fsp3) is 0.182. The van der Waals surface area contributed by atoms with Gasteiger partial charge < -0.3 is 14.3 Å². The minimum Gasteiger partial charge on any atom is -0.419 e. The summed E-state index contributed by atoms with van der Waals surface area (Å²) in [7, 11) is -3.97. The van der Waals surface area contributed by atoms with Crippen LogP contribution in [0.15, 0.2) is 81.6 Å². The third-order valence-corrected chi connectivity index (χ3v) is 6.40. The normalized spacial score (nSPS) is 11.5. The van der Waals surface area contributed by atoms with Crippen LogP contribution in [-0.4, -0.2) is 29.5 Å². The SMILES string of the molecule is Cc1ccc(S(=O)(=O)c2nc(-c3ccccc3F)oc2NCCCn2ccnc2)cc1. The highest BCUT2D eigenvalue weighted by Crippen LogP contribution is 2.33. The fourth-order valence-corrected chi connectivity index (χ4v) is 4.34. The molecule has 0 saturated heterocycles. The van der Waals surface area contributed by atoms with Crippen molar-refractivity contribution in [2.75, 3.05) is 11.9 Å². The van der Waals surface area contributed by atoms with Gasteiger partial charge in [-0.25, -0.2) is 17.8 Å². The number of sulfone groups is 1. The number of rotatable bonds is 8. The van der Waals surface area contributed by atoms with Gasteiger partial charge in [-0.05, 0) is 37.6 Å². The smallest absolute Gasteiger partial charge is 0.233 e. The Morgan fingerprint density at radius 1 is 1.13 bits per heavy atom. The van der Waals surface area contributed by atoms with Crippen LogP contribution in [0, 0.1) is 12.7 Å². The van der Waals surface area contributed by atoms with E-state index >= 15 is 0 Å². The molecule has 0 atom stereocenters. The van der Waals surface area contributed by atoms with Crippen molar-refractivity contribution in [2.24, 2.45) is 0 Å². The van der Waals surface area contributed by atoms with Crippen LogP contribution in [0.2, 0.25) is 0 Å². The lowest BCUT2D eigenvalue weighted by Gasteiger charge is -2.07. The molecule has 7 nitrogen and oxygen atoms in total. The van der Waals surface area contributed by atoms with Crippen LogP contribution in [0.25, 0.3) is 11.5 Å². The molecule has 2 heterocycles. The van der Waals surface area contributed by atoms with Gasteiger partial charge >= 0.3 is 0 Å². The Kier molecular flexibility index (Phi) is 5.85. The summed E-state index contributed by atoms with van der Waals surface area (Å²) >= 11 is 0. The molecule has 4 aromatic rings. The minimum atomic E-state index is -3.97. The first-order valence-electron chi connectivity index (χ1n) is 9.72. The molecule has 0 amide bonds. The molecule has 4 rings (SSSR count). The second-order valence-electron chi connectivity index (χ2n) is 7.03. The van der Waals surface area contributed by atoms with Crippen molar-refractivity contribution >= 4 is 15.7 Å². The first kappa shape index (κ1) is 20.8. The summed E-state index contributed by atoms with van der Waals surface area (Å²) in [5, 5.41) is 2.74. The molecule has 0 aliphatic heterocycles. The van der Waals surface area contributed by atoms with Crippen LogP contribution in [0.4, 0.5) is 10.3 Å². The van der Waals surface area contributed by atoms with Crippen molar-refractivity contribution in [3.63, 3.8) is 0 Å². The van der Waals surface area contributed by atoms with E-state index in [2.05, 4.69) is 15.3 Å². The van der Waals surface area contributed by atoms with Gasteiger partial charge in [-0.2, -0.15) is 4.98 Å². The van der Waals surface area contributed by atoms with Crippen molar-refractivity contribution in [3.8, 4) is 11.5 Å². The van der Waals surface area contributed by atoms with Crippen LogP contribution in [0.1, 0.15) is 12.0 Å². The summed E-state index contributed by atoms with van der Waals surface area (Å²) in [6, 6.07) is 12.4. The maximum atomic E-state index is 14.3. The molecule has 0 aliphatic rings. The second kappa shape index (κ2) is 8.73. The summed E-state index contributed by atoms with van der Waals surface area (Å²) in [5.74, 6) is -0.653. The van der Waals surface area contributed by atoms with E-state index in [1.807, 2.05) is 17.7 Å². The number of oxazole rings is 1. The highest BCUT2D eigenvalue weighted by atomic mass is 32.2. The molecule has 160 valence electrons. The number of hydrogen-bond donors (Lipinski definition) is 1. The molecule has 31 heavy (non-hydrogen) atoms. The Morgan fingerprint density at radius 3 is 2.61 bits per heavy atom. The van der Waals surface area contributed by atoms with Crippen molar-refractivity contribution in [1.82, 2.24) is 14.5 Å². The maximum absolute atomic E-state index is 14.3. The summed E-state index contributed by atoms with van der Waals surface area (Å²) in [6.07, 6.45) is 5.93. The Labute approximate surface area is 179 Å². The Balaban J connectivity index is 1.66. The highest BCUT2D eigenvalue weighted by Gasteiger charge is 2.29. The molecule has 0 fully saturated rings. The Bertz CT molecular complexity index is 1270. The zero-order valence-electron chi connectivity index (χ0n) is 16.8. The summed E-state index contributed by atoms with van der Waals surface area (Å²) in [6.45, 7) is 3.00. The van der Waals surface area contributed by atoms with Crippen LogP contribution < -0.4 is 5.32 Å². The number of nitrogens with zero attached hydrogens (tertiary/aromatic N) is 3. The van der Waals surface area contributed by atoms with Gasteiger partial charge in [0.2, 0.25) is 26.6 Å². The summed E-state index contributed by atoms with van der Waals surface area (Å²) in [5.41, 5.74) is 1.03. The van der Waals surface area contributed by atoms with Crippen molar-refractivity contribution in [1.29, 1.82) is 0 Å². The van der Waals surface area contributed by atoms with Crippen molar-refractivity contribution < 1.29 is 17.2 Å². The first-order chi connectivity index (χ1) is 14.9. The van der Waals surface area contributed by atoms with Gasteiger partial charge in [0.1, 0.15) is 5.82 Å². The van der Waals surface area contributed by atoms with Gasteiger partial charge in [0, 0.05) is 25.5 Å². The Hall–Kier alpha value is -3.46. The number of halogens is 1. The summed E-state index contributed by atoms with van der Waals surface area (Å²) < 4.78 is 48.4. The molecule has 0 unspecified atom stereocenters. The molecule has 9 heteroatoms. The quantitative estimate of drug-likeness (QED) is 0.411. The molecule has 0 bridgehead atoms. The first-order valence-corrected chi connectivity index (χ1v) is 11.2. The molecule has 2 aromatic heterocycles. The molecule has 0 spiro atoms. The molecule has 0 radical (unpaired) electrons. The zero-order chi connectivity index (χ0) is 21.8. The molecular formula is C22H21FN4O3S. The third kappa shape index (κ3) is 4.51. The van der Waals surface area contributed by atoms with Crippen LogP contribution in [0.5, 0.6) is 0 Å². The fourth-order valence-electron chi connectivity index (χ4n) is 3.06. The van der Waals surface area contributed by atoms with E-state index < -0.39 is 15.7 Å². The van der Waals surface area contributed by atoms with E-state index in [1.54, 1.807) is 36.8 Å². The van der Waals surface area contributed by atoms with E-state index in [0.717, 1.165) is 5.56 Å². The van der Waals surface area contributed by atoms with Gasteiger partial charge in [0.05, 0.1) is 16.8 Å². The van der Waals surface area contributed by atoms with Gasteiger partial charge in [0.25, 0.3) is 0 Å². The number of hydrogen-bond acceptors (Lipinski definition) is 6. The standard InChI is InChI=1S/C22H21FN4O3S/c1-16-7-9-17(10-8-16)31(28,29)22-21(25-11-4-13-27-14-12-24-15-27)30-20(26-22)18-5-2-3-6-19(18)23/h2-3,5-10,12,14-15,25H,4,11,13H2,1H3. The lowest BCUT2D eigenvalue weighted by Crippen LogP contribution is -2.10. The predicted octanol–water partition coefficient (Wildman–Crippen LogP) is 4.32. The number of nitrogens with one attached hydrogen (secondary N) is 1. The van der Waals surface area contributed by atoms with E-state index in [4.69, 9.17) is 4.42 Å². The predicted molar refractivity (Wildman–Crippen MR) is 114 cm³/mol. The highest BCUT2D eigenvalue weighted by molar-refractivity contribution is 7.91. The lowest BCUT2D eigenvalue weighted by molar-refractivity contribution is 0.563. The van der Waals surface area contributed by atoms with E-state index in [9.17, 15) is 12.8 Å². The van der Waals surface area contributed by atoms with Crippen LogP contribution >= 0.6 is 0 Å². The molecular weight excluding hydrogens is 419 g/mol. The average molecular weight is 441 g/mol. The van der Waals surface area contributed by atoms with E-state index in [-0.39, 0.29) is 27.3 Å². The average Bonchev–Trinajstić information content (AvgIpc) is 3.42. The van der Waals surface area contributed by atoms with Gasteiger partial charge in [-0.15, -0.1) is 0 Å². The largest absolute Gasteiger partial charge is 0.419 e. The van der Waals surface area contributed by atoms with Crippen molar-refractivity contribution in [2.45, 2.75) is 29.8 Å². The number of imidazole rings is 1. The zero-order valence-corrected chi connectivity index (χ0v) is 17.6. The second-order valence-corrected chi connectivity index (χ2v) is 8.90. The van der Waals surface area contributed by atoms with Gasteiger partial charge in [-0.1, -0.05) is 29.8 Å². The maximum Gasteiger partial charge on any atom is 0.233 e. The number of benzene rings is 2. The van der Waals surface area contributed by atoms with Gasteiger partial charge in [0.15, 0.2) is 0 Å². The lowest BCUT2D eigenvalue weighted by atomic mass is 10.2. The monoisotopic (exact) mass is 440 g/mol. The summed E-state index contributed by atoms with van der Waals surface area (Å²) in [4.78, 5) is 8.25. The molecule has 0 saturated carbocycles. The molecule has 1 N–H and O–H groups in total. The molecule has 0 aliphatic carbocycles. The number of aromatic nitrogens is 3. The topological polar surface area (TPSA) is 90.0 Å². The third-order valence-electron chi connectivity index (χ3n) is 4.72. The minimum absolute atomic E-state index is 0.00976. The van der Waals surface area contributed by atoms with Crippen LogP contribution in [0.3, 0.4) is 0 Å². The van der Waals surface area contributed by atoms with Gasteiger partial charge in [-0.3, -0.25) is 0 Å². The number of anilines is 1. The number of aryl methyl sites for hydroxylation is 2.